The minimum Gasteiger partial charge on any atom is -0.334 e. The van der Waals surface area contributed by atoms with Gasteiger partial charge in [-0.25, -0.2) is 4.79 Å². The third kappa shape index (κ3) is 5.04. The van der Waals surface area contributed by atoms with Gasteiger partial charge >= 0.3 is 12.2 Å². The highest BCUT2D eigenvalue weighted by Gasteiger charge is 2.34. The van der Waals surface area contributed by atoms with E-state index >= 15 is 0 Å². The Hall–Kier alpha value is -1.92. The summed E-state index contributed by atoms with van der Waals surface area (Å²) in [6.07, 6.45) is -4.62. The molecule has 0 spiro atoms. The van der Waals surface area contributed by atoms with Crippen LogP contribution in [0.2, 0.25) is 10.0 Å². The van der Waals surface area contributed by atoms with Gasteiger partial charge in [0.1, 0.15) is 0 Å². The van der Waals surface area contributed by atoms with Crippen LogP contribution in [0.3, 0.4) is 0 Å². The highest BCUT2D eigenvalue weighted by molar-refractivity contribution is 6.31. The van der Waals surface area contributed by atoms with Crippen LogP contribution in [0.1, 0.15) is 11.1 Å². The van der Waals surface area contributed by atoms with E-state index in [0.717, 1.165) is 17.7 Å². The first-order valence-corrected chi connectivity index (χ1v) is 7.17. The summed E-state index contributed by atoms with van der Waals surface area (Å²) in [6.45, 7) is 0.151. The Morgan fingerprint density at radius 3 is 2.22 bits per heavy atom. The highest BCUT2D eigenvalue weighted by Crippen LogP contribution is 2.36. The summed E-state index contributed by atoms with van der Waals surface area (Å²) >= 11 is 11.3. The smallest absolute Gasteiger partial charge is 0.334 e. The molecule has 3 nitrogen and oxygen atoms in total. The van der Waals surface area contributed by atoms with Crippen LogP contribution < -0.4 is 10.6 Å². The zero-order chi connectivity index (χ0) is 17.0. The largest absolute Gasteiger partial charge is 0.418 e. The van der Waals surface area contributed by atoms with Gasteiger partial charge in [-0.1, -0.05) is 35.3 Å². The zero-order valence-corrected chi connectivity index (χ0v) is 13.1. The molecule has 2 aromatic rings. The van der Waals surface area contributed by atoms with Crippen LogP contribution in [-0.2, 0) is 12.7 Å². The molecule has 0 aliphatic rings. The van der Waals surface area contributed by atoms with Gasteiger partial charge in [0.2, 0.25) is 0 Å². The Kier molecular flexibility index (Phi) is 5.38. The fourth-order valence-electron chi connectivity index (χ4n) is 1.81. The van der Waals surface area contributed by atoms with Crippen molar-refractivity contribution < 1.29 is 18.0 Å². The molecule has 0 saturated heterocycles. The van der Waals surface area contributed by atoms with Crippen molar-refractivity contribution in [2.75, 3.05) is 5.32 Å². The van der Waals surface area contributed by atoms with Crippen molar-refractivity contribution in [1.29, 1.82) is 0 Å². The van der Waals surface area contributed by atoms with Crippen molar-refractivity contribution in [3.05, 3.63) is 63.6 Å². The number of carbonyl (C=O) groups excluding carboxylic acids is 1. The summed E-state index contributed by atoms with van der Waals surface area (Å²) in [7, 11) is 0. The van der Waals surface area contributed by atoms with E-state index in [1.807, 2.05) is 0 Å². The molecule has 2 aromatic carbocycles. The van der Waals surface area contributed by atoms with Gasteiger partial charge in [-0.3, -0.25) is 0 Å². The van der Waals surface area contributed by atoms with Crippen LogP contribution in [0.15, 0.2) is 42.5 Å². The Morgan fingerprint density at radius 2 is 1.61 bits per heavy atom. The maximum absolute atomic E-state index is 12.9. The maximum atomic E-state index is 12.9. The van der Waals surface area contributed by atoms with Crippen molar-refractivity contribution in [2.45, 2.75) is 12.7 Å². The minimum absolute atomic E-state index is 0.0653. The minimum atomic E-state index is -4.62. The maximum Gasteiger partial charge on any atom is 0.418 e. The van der Waals surface area contributed by atoms with Gasteiger partial charge in [0, 0.05) is 16.6 Å². The van der Waals surface area contributed by atoms with Gasteiger partial charge in [0.05, 0.1) is 11.3 Å². The molecule has 0 saturated carbocycles. The fourth-order valence-corrected chi connectivity index (χ4v) is 2.11. The molecular weight excluding hydrogens is 352 g/mol. The van der Waals surface area contributed by atoms with Gasteiger partial charge in [-0.2, -0.15) is 13.2 Å². The lowest BCUT2D eigenvalue weighted by molar-refractivity contribution is -0.136. The van der Waals surface area contributed by atoms with Crippen molar-refractivity contribution >= 4 is 34.9 Å². The Morgan fingerprint density at radius 1 is 1.00 bits per heavy atom. The van der Waals surface area contributed by atoms with Gasteiger partial charge in [0.25, 0.3) is 0 Å². The van der Waals surface area contributed by atoms with Crippen LogP contribution in [0.4, 0.5) is 23.7 Å². The second-order valence-corrected chi connectivity index (χ2v) is 5.49. The second kappa shape index (κ2) is 7.10. The van der Waals surface area contributed by atoms with Crippen molar-refractivity contribution in [3.8, 4) is 0 Å². The summed E-state index contributed by atoms with van der Waals surface area (Å²) in [6, 6.07) is 9.08. The summed E-state index contributed by atoms with van der Waals surface area (Å²) < 4.78 is 38.8. The van der Waals surface area contributed by atoms with Gasteiger partial charge in [-0.05, 0) is 35.9 Å². The Labute approximate surface area is 140 Å². The summed E-state index contributed by atoms with van der Waals surface area (Å²) in [4.78, 5) is 11.8. The lowest BCUT2D eigenvalue weighted by atomic mass is 10.1. The third-order valence-electron chi connectivity index (χ3n) is 2.90. The molecule has 0 aliphatic carbocycles. The summed E-state index contributed by atoms with van der Waals surface area (Å²) in [5.74, 6) is 0. The molecule has 2 N–H and O–H groups in total. The normalized spacial score (nSPS) is 11.2. The number of hydrogen-bond donors (Lipinski definition) is 2. The topological polar surface area (TPSA) is 41.1 Å². The molecule has 2 amide bonds. The molecule has 0 unspecified atom stereocenters. The molecule has 0 aromatic heterocycles. The number of anilines is 1. The number of amides is 2. The van der Waals surface area contributed by atoms with Crippen LogP contribution in [-0.4, -0.2) is 6.03 Å². The highest BCUT2D eigenvalue weighted by atomic mass is 35.5. The van der Waals surface area contributed by atoms with Crippen LogP contribution in [0.25, 0.3) is 0 Å². The first kappa shape index (κ1) is 17.4. The Bertz CT molecular complexity index is 703. The molecule has 0 radical (unpaired) electrons. The fraction of sp³-hybridized carbons (Fsp3) is 0.133. The lowest BCUT2D eigenvalue weighted by Gasteiger charge is -2.14. The molecule has 122 valence electrons. The van der Waals surface area contributed by atoms with E-state index in [9.17, 15) is 18.0 Å². The SMILES string of the molecule is O=C(NCc1ccc(Cl)cc1)Nc1ccc(Cl)cc1C(F)(F)F. The number of rotatable bonds is 3. The monoisotopic (exact) mass is 362 g/mol. The molecule has 0 atom stereocenters. The zero-order valence-electron chi connectivity index (χ0n) is 11.5. The molecule has 0 bridgehead atoms. The number of carbonyl (C=O) groups is 1. The predicted octanol–water partition coefficient (Wildman–Crippen LogP) is 5.33. The van der Waals surface area contributed by atoms with E-state index in [4.69, 9.17) is 23.2 Å². The summed E-state index contributed by atoms with van der Waals surface area (Å²) in [5, 5.41) is 5.12. The number of hydrogen-bond acceptors (Lipinski definition) is 1. The van der Waals surface area contributed by atoms with E-state index in [-0.39, 0.29) is 17.3 Å². The number of alkyl halides is 3. The predicted molar refractivity (Wildman–Crippen MR) is 83.8 cm³/mol. The second-order valence-electron chi connectivity index (χ2n) is 4.62. The van der Waals surface area contributed by atoms with Gasteiger partial charge < -0.3 is 10.6 Å². The molecule has 0 aliphatic heterocycles. The average Bonchev–Trinajstić information content (AvgIpc) is 2.47. The van der Waals surface area contributed by atoms with E-state index in [1.54, 1.807) is 24.3 Å². The van der Waals surface area contributed by atoms with E-state index in [2.05, 4.69) is 10.6 Å². The number of nitrogens with one attached hydrogen (secondary N) is 2. The quantitative estimate of drug-likeness (QED) is 0.760. The molecule has 23 heavy (non-hydrogen) atoms. The van der Waals surface area contributed by atoms with E-state index in [0.29, 0.717) is 5.02 Å². The molecule has 2 rings (SSSR count). The molecular formula is C15H11Cl2F3N2O. The lowest BCUT2D eigenvalue weighted by Crippen LogP contribution is -2.29. The van der Waals surface area contributed by atoms with Gasteiger partial charge in [-0.15, -0.1) is 0 Å². The van der Waals surface area contributed by atoms with Crippen LogP contribution in [0, 0.1) is 0 Å². The van der Waals surface area contributed by atoms with E-state index in [1.165, 1.54) is 6.07 Å². The third-order valence-corrected chi connectivity index (χ3v) is 3.39. The number of benzene rings is 2. The van der Waals surface area contributed by atoms with Crippen molar-refractivity contribution in [1.82, 2.24) is 5.32 Å². The average molecular weight is 363 g/mol. The molecule has 0 fully saturated rings. The standard InChI is InChI=1S/C15H11Cl2F3N2O/c16-10-3-1-9(2-4-10)8-21-14(23)22-13-6-5-11(17)7-12(13)15(18,19)20/h1-7H,8H2,(H2,21,22,23). The summed E-state index contributed by atoms with van der Waals surface area (Å²) in [5.41, 5.74) is -0.612. The van der Waals surface area contributed by atoms with Crippen LogP contribution in [0.5, 0.6) is 0 Å². The van der Waals surface area contributed by atoms with E-state index < -0.39 is 17.8 Å². The molecule has 8 heteroatoms. The first-order chi connectivity index (χ1) is 10.8. The van der Waals surface area contributed by atoms with Crippen molar-refractivity contribution in [3.63, 3.8) is 0 Å². The van der Waals surface area contributed by atoms with Gasteiger partial charge in [0.15, 0.2) is 0 Å². The molecule has 0 heterocycles. The number of urea groups is 1. The Balaban J connectivity index is 2.04. The van der Waals surface area contributed by atoms with Crippen LogP contribution >= 0.6 is 23.2 Å². The number of halogens is 5. The van der Waals surface area contributed by atoms with Crippen molar-refractivity contribution in [2.24, 2.45) is 0 Å². The first-order valence-electron chi connectivity index (χ1n) is 6.42.